The number of hydrogen-bond donors (Lipinski definition) is 0. The van der Waals surface area contributed by atoms with Crippen LogP contribution >= 0.6 is 0 Å². The fourth-order valence-electron chi connectivity index (χ4n) is 11.0. The van der Waals surface area contributed by atoms with E-state index in [1.165, 1.54) is 60.5 Å². The molecule has 5 heteroatoms. The number of para-hydroxylation sites is 2. The summed E-state index contributed by atoms with van der Waals surface area (Å²) < 4.78 is 4.49. The summed E-state index contributed by atoms with van der Waals surface area (Å²) in [6.07, 6.45) is 0. The smallest absolute Gasteiger partial charge is 0.240 e. The Morgan fingerprint density at radius 1 is 0.311 bits per heavy atom. The number of fused-ring (bicyclic) bond motifs is 10. The largest absolute Gasteiger partial charge is 0.278 e. The molecule has 0 radical (unpaired) electrons. The second-order valence-corrected chi connectivity index (χ2v) is 16.3. The highest BCUT2D eigenvalue weighted by Gasteiger charge is 2.50. The number of aromatic nitrogens is 5. The zero-order valence-corrected chi connectivity index (χ0v) is 32.8. The highest BCUT2D eigenvalue weighted by molar-refractivity contribution is 6.26. The Bertz CT molecular complexity index is 3720. The second-order valence-electron chi connectivity index (χ2n) is 16.3. The van der Waals surface area contributed by atoms with Crippen LogP contribution in [0.1, 0.15) is 22.3 Å². The first kappa shape index (κ1) is 32.8. The summed E-state index contributed by atoms with van der Waals surface area (Å²) in [5.74, 6) is 1.76. The topological polar surface area (TPSA) is 48.5 Å². The number of hydrogen-bond acceptors (Lipinski definition) is 3. The van der Waals surface area contributed by atoms with Crippen molar-refractivity contribution in [3.8, 4) is 45.5 Å². The minimum absolute atomic E-state index is 0.501. The molecule has 2 aliphatic rings. The lowest BCUT2D eigenvalue weighted by molar-refractivity contribution is 0.783. The maximum Gasteiger partial charge on any atom is 0.240 e. The van der Waals surface area contributed by atoms with Crippen LogP contribution in [-0.2, 0) is 5.41 Å². The Hall–Kier alpha value is -8.15. The molecule has 0 unspecified atom stereocenters. The van der Waals surface area contributed by atoms with Gasteiger partial charge in [0.2, 0.25) is 11.9 Å². The Kier molecular flexibility index (Phi) is 6.43. The first-order valence-electron chi connectivity index (χ1n) is 20.9. The summed E-state index contributed by atoms with van der Waals surface area (Å²) in [4.78, 5) is 16.3. The van der Waals surface area contributed by atoms with Crippen LogP contribution in [0, 0.1) is 0 Å². The summed E-state index contributed by atoms with van der Waals surface area (Å²) in [6, 6.07) is 72.3. The minimum Gasteiger partial charge on any atom is -0.278 e. The van der Waals surface area contributed by atoms with Gasteiger partial charge >= 0.3 is 0 Å². The average molecular weight is 776 g/mol. The molecule has 0 saturated carbocycles. The van der Waals surface area contributed by atoms with Gasteiger partial charge in [-0.05, 0) is 79.5 Å². The van der Waals surface area contributed by atoms with E-state index in [0.29, 0.717) is 17.7 Å². The molecule has 3 heterocycles. The predicted octanol–water partition coefficient (Wildman–Crippen LogP) is 13.2. The molecular formula is C56H33N5. The molecule has 0 amide bonds. The normalized spacial score (nSPS) is 13.4. The first-order chi connectivity index (χ1) is 30.3. The van der Waals surface area contributed by atoms with Gasteiger partial charge < -0.3 is 0 Å². The van der Waals surface area contributed by atoms with Crippen molar-refractivity contribution in [1.29, 1.82) is 0 Å². The van der Waals surface area contributed by atoms with Crippen LogP contribution in [0.25, 0.3) is 99.9 Å². The fraction of sp³-hybridized carbons (Fsp3) is 0.0179. The van der Waals surface area contributed by atoms with Crippen molar-refractivity contribution in [3.05, 3.63) is 222 Å². The lowest BCUT2D eigenvalue weighted by atomic mass is 9.63. The van der Waals surface area contributed by atoms with Crippen molar-refractivity contribution >= 4 is 54.4 Å². The van der Waals surface area contributed by atoms with E-state index < -0.39 is 5.41 Å². The molecule has 0 fully saturated rings. The average Bonchev–Trinajstić information content (AvgIpc) is 3.96. The number of rotatable bonds is 4. The highest BCUT2D eigenvalue weighted by atomic mass is 15.3. The lowest BCUT2D eigenvalue weighted by Crippen LogP contribution is -2.30. The fourth-order valence-corrected chi connectivity index (χ4v) is 11.0. The van der Waals surface area contributed by atoms with E-state index >= 15 is 0 Å². The van der Waals surface area contributed by atoms with Gasteiger partial charge in [0.1, 0.15) is 0 Å². The van der Waals surface area contributed by atoms with E-state index in [-0.39, 0.29) is 0 Å². The molecule has 0 N–H and O–H groups in total. The summed E-state index contributed by atoms with van der Waals surface area (Å²) in [5, 5.41) is 7.29. The van der Waals surface area contributed by atoms with Crippen molar-refractivity contribution in [1.82, 2.24) is 24.1 Å². The molecule has 3 aromatic heterocycles. The molecule has 5 nitrogen and oxygen atoms in total. The van der Waals surface area contributed by atoms with Crippen molar-refractivity contribution < 1.29 is 0 Å². The molecule has 12 aromatic rings. The summed E-state index contributed by atoms with van der Waals surface area (Å²) >= 11 is 0. The molecule has 2 aliphatic carbocycles. The third kappa shape index (κ3) is 4.21. The number of benzene rings is 9. The van der Waals surface area contributed by atoms with Crippen LogP contribution in [0.2, 0.25) is 0 Å². The molecule has 0 aliphatic heterocycles. The minimum atomic E-state index is -0.501. The van der Waals surface area contributed by atoms with Gasteiger partial charge in [0, 0.05) is 27.1 Å². The zero-order chi connectivity index (χ0) is 39.8. The molecular weight excluding hydrogens is 743 g/mol. The van der Waals surface area contributed by atoms with Crippen LogP contribution in [0.4, 0.5) is 0 Å². The number of nitrogens with zero attached hydrogens (tertiary/aromatic N) is 5. The van der Waals surface area contributed by atoms with E-state index in [1.807, 2.05) is 6.07 Å². The van der Waals surface area contributed by atoms with Crippen LogP contribution in [0.15, 0.2) is 200 Å². The summed E-state index contributed by atoms with van der Waals surface area (Å²) in [6.45, 7) is 0. The van der Waals surface area contributed by atoms with Crippen molar-refractivity contribution in [2.45, 2.75) is 5.41 Å². The van der Waals surface area contributed by atoms with Crippen molar-refractivity contribution in [3.63, 3.8) is 0 Å². The van der Waals surface area contributed by atoms with E-state index in [0.717, 1.165) is 44.0 Å². The first-order valence-corrected chi connectivity index (χ1v) is 20.9. The third-order valence-electron chi connectivity index (χ3n) is 13.4. The van der Waals surface area contributed by atoms with Gasteiger partial charge in [-0.3, -0.25) is 9.13 Å². The molecule has 1 spiro atoms. The quantitative estimate of drug-likeness (QED) is 0.179. The molecule has 0 saturated heterocycles. The van der Waals surface area contributed by atoms with E-state index in [2.05, 4.69) is 203 Å². The SMILES string of the molecule is c1ccc(-c2ccc(-c3nc(-n4c5ccccc5c5ccccc54)nc(-n4c5cccc6c5c5c7c(cccc7ccc54)C64c5ccccc5-c5ccccc54)n3)cc2)cc1. The van der Waals surface area contributed by atoms with Gasteiger partial charge in [0.25, 0.3) is 0 Å². The molecule has 0 atom stereocenters. The molecule has 282 valence electrons. The van der Waals surface area contributed by atoms with Crippen LogP contribution in [0.5, 0.6) is 0 Å². The van der Waals surface area contributed by atoms with Gasteiger partial charge in [0.15, 0.2) is 5.82 Å². The molecule has 9 aromatic carbocycles. The molecule has 14 rings (SSSR count). The Morgan fingerprint density at radius 3 is 1.49 bits per heavy atom. The van der Waals surface area contributed by atoms with E-state index in [1.54, 1.807) is 0 Å². The second kappa shape index (κ2) is 12.0. The van der Waals surface area contributed by atoms with Crippen molar-refractivity contribution in [2.24, 2.45) is 0 Å². The van der Waals surface area contributed by atoms with E-state index in [9.17, 15) is 0 Å². The van der Waals surface area contributed by atoms with E-state index in [4.69, 9.17) is 15.0 Å². The zero-order valence-electron chi connectivity index (χ0n) is 32.8. The molecule has 0 bridgehead atoms. The highest BCUT2D eigenvalue weighted by Crippen LogP contribution is 2.62. The third-order valence-corrected chi connectivity index (χ3v) is 13.4. The summed E-state index contributed by atoms with van der Waals surface area (Å²) in [5.41, 5.74) is 14.8. The van der Waals surface area contributed by atoms with Crippen LogP contribution in [0.3, 0.4) is 0 Å². The van der Waals surface area contributed by atoms with Gasteiger partial charge in [-0.1, -0.05) is 176 Å². The Morgan fingerprint density at radius 2 is 0.803 bits per heavy atom. The van der Waals surface area contributed by atoms with Crippen LogP contribution < -0.4 is 0 Å². The lowest BCUT2D eigenvalue weighted by Gasteiger charge is -2.37. The monoisotopic (exact) mass is 775 g/mol. The maximum atomic E-state index is 5.50. The summed E-state index contributed by atoms with van der Waals surface area (Å²) in [7, 11) is 0. The van der Waals surface area contributed by atoms with Gasteiger partial charge in [-0.2, -0.15) is 15.0 Å². The maximum absolute atomic E-state index is 5.50. The Balaban J connectivity index is 1.10. The Labute approximate surface area is 350 Å². The van der Waals surface area contributed by atoms with Gasteiger partial charge in [-0.15, -0.1) is 0 Å². The van der Waals surface area contributed by atoms with Gasteiger partial charge in [-0.25, -0.2) is 0 Å². The predicted molar refractivity (Wildman–Crippen MR) is 248 cm³/mol. The van der Waals surface area contributed by atoms with Gasteiger partial charge in [0.05, 0.1) is 27.5 Å². The standard InChI is InChI=1S/C56H33N5/c1-2-14-34(15-3-1)35-28-30-37(31-29-35)53-57-54(60-46-25-10-6-19-40(46)41-20-7-11-26-47(41)60)59-55(58-53)61-48-27-13-24-45-51(48)52-49(61)33-32-36-16-12-23-44(50(36)52)56(45)42-21-8-4-17-38(42)39-18-5-9-22-43(39)56/h1-33H. The molecule has 61 heavy (non-hydrogen) atoms. The van der Waals surface area contributed by atoms with Crippen LogP contribution in [-0.4, -0.2) is 24.1 Å². The van der Waals surface area contributed by atoms with Crippen molar-refractivity contribution in [2.75, 3.05) is 0 Å².